The molecule has 0 aliphatic heterocycles. The first-order valence-corrected chi connectivity index (χ1v) is 8.17. The van der Waals surface area contributed by atoms with Crippen LogP contribution in [-0.2, 0) is 0 Å². The minimum Gasteiger partial charge on any atom is -0.402 e. The van der Waals surface area contributed by atoms with Crippen molar-refractivity contribution in [2.45, 2.75) is 74.7 Å². The summed E-state index contributed by atoms with van der Waals surface area (Å²) >= 11 is 0. The van der Waals surface area contributed by atoms with Gasteiger partial charge in [-0.1, -0.05) is 49.6 Å². The Morgan fingerprint density at radius 3 is 2.05 bits per heavy atom. The standard InChI is InChI=1S/C20H35N/c1-9-18(16(7)11-14(3)4)13-19(10-2)17(8)20(21)12-15(5)6/h10-11,15H,9,12-13,21H2,1-8H3/b18-16+,19-10-,20-17-. The molecule has 0 aromatic rings. The lowest BCUT2D eigenvalue weighted by molar-refractivity contribution is 0.634. The molecule has 1 nitrogen and oxygen atoms in total. The van der Waals surface area contributed by atoms with Crippen LogP contribution in [0.5, 0.6) is 0 Å². The van der Waals surface area contributed by atoms with Gasteiger partial charge in [-0.25, -0.2) is 0 Å². The highest BCUT2D eigenvalue weighted by Gasteiger charge is 2.09. The van der Waals surface area contributed by atoms with Crippen molar-refractivity contribution in [1.82, 2.24) is 0 Å². The summed E-state index contributed by atoms with van der Waals surface area (Å²) in [5.74, 6) is 0.603. The predicted octanol–water partition coefficient (Wildman–Crippen LogP) is 6.29. The molecule has 0 radical (unpaired) electrons. The molecule has 0 fully saturated rings. The van der Waals surface area contributed by atoms with E-state index in [0.29, 0.717) is 5.92 Å². The Bertz CT molecular complexity index is 452. The van der Waals surface area contributed by atoms with Gasteiger partial charge in [0.2, 0.25) is 0 Å². The Balaban J connectivity index is 5.38. The lowest BCUT2D eigenvalue weighted by atomic mass is 9.91. The first-order valence-electron chi connectivity index (χ1n) is 8.17. The second-order valence-electron chi connectivity index (χ2n) is 6.60. The molecule has 0 aromatic carbocycles. The fourth-order valence-electron chi connectivity index (χ4n) is 2.56. The number of hydrogen-bond donors (Lipinski definition) is 1. The van der Waals surface area contributed by atoms with Gasteiger partial charge in [-0.15, -0.1) is 0 Å². The van der Waals surface area contributed by atoms with Crippen molar-refractivity contribution in [3.63, 3.8) is 0 Å². The monoisotopic (exact) mass is 289 g/mol. The molecular formula is C20H35N. The molecule has 0 unspecified atom stereocenters. The zero-order valence-corrected chi connectivity index (χ0v) is 15.4. The van der Waals surface area contributed by atoms with Gasteiger partial charge in [-0.2, -0.15) is 0 Å². The van der Waals surface area contributed by atoms with Crippen LogP contribution in [0.3, 0.4) is 0 Å². The van der Waals surface area contributed by atoms with E-state index < -0.39 is 0 Å². The van der Waals surface area contributed by atoms with Gasteiger partial charge >= 0.3 is 0 Å². The average molecular weight is 290 g/mol. The molecule has 0 bridgehead atoms. The van der Waals surface area contributed by atoms with Crippen molar-refractivity contribution < 1.29 is 0 Å². The smallest absolute Gasteiger partial charge is 0.0115 e. The third-order valence-corrected chi connectivity index (χ3v) is 3.83. The first-order chi connectivity index (χ1) is 9.72. The van der Waals surface area contributed by atoms with E-state index in [4.69, 9.17) is 5.73 Å². The van der Waals surface area contributed by atoms with E-state index in [0.717, 1.165) is 25.0 Å². The van der Waals surface area contributed by atoms with Gasteiger partial charge < -0.3 is 5.73 Å². The maximum Gasteiger partial charge on any atom is 0.0115 e. The van der Waals surface area contributed by atoms with Crippen LogP contribution < -0.4 is 5.73 Å². The third-order valence-electron chi connectivity index (χ3n) is 3.83. The van der Waals surface area contributed by atoms with Crippen LogP contribution in [0.15, 0.2) is 45.7 Å². The summed E-state index contributed by atoms with van der Waals surface area (Å²) in [4.78, 5) is 0. The Morgan fingerprint density at radius 1 is 1.10 bits per heavy atom. The highest BCUT2D eigenvalue weighted by molar-refractivity contribution is 5.38. The normalized spacial score (nSPS) is 14.8. The molecule has 0 amide bonds. The molecule has 2 N–H and O–H groups in total. The van der Waals surface area contributed by atoms with Crippen molar-refractivity contribution in [3.05, 3.63) is 45.7 Å². The number of hydrogen-bond acceptors (Lipinski definition) is 1. The summed E-state index contributed by atoms with van der Waals surface area (Å²) in [5.41, 5.74) is 14.2. The van der Waals surface area contributed by atoms with Crippen LogP contribution in [-0.4, -0.2) is 0 Å². The summed E-state index contributed by atoms with van der Waals surface area (Å²) in [7, 11) is 0. The maximum absolute atomic E-state index is 6.28. The molecule has 0 aliphatic carbocycles. The zero-order chi connectivity index (χ0) is 16.6. The molecule has 0 rings (SSSR count). The maximum atomic E-state index is 6.28. The molecule has 1 heteroatoms. The fourth-order valence-corrected chi connectivity index (χ4v) is 2.56. The van der Waals surface area contributed by atoms with Crippen LogP contribution >= 0.6 is 0 Å². The van der Waals surface area contributed by atoms with Crippen LogP contribution in [0.2, 0.25) is 0 Å². The summed E-state index contributed by atoms with van der Waals surface area (Å²) < 4.78 is 0. The van der Waals surface area contributed by atoms with Crippen molar-refractivity contribution in [1.29, 1.82) is 0 Å². The van der Waals surface area contributed by atoms with E-state index in [1.54, 1.807) is 0 Å². The molecule has 0 spiro atoms. The van der Waals surface area contributed by atoms with E-state index >= 15 is 0 Å². The van der Waals surface area contributed by atoms with Crippen LogP contribution in [0.4, 0.5) is 0 Å². The van der Waals surface area contributed by atoms with Gasteiger partial charge in [0.05, 0.1) is 0 Å². The fraction of sp³-hybridized carbons (Fsp3) is 0.600. The number of rotatable bonds is 7. The minimum atomic E-state index is 0.603. The highest BCUT2D eigenvalue weighted by atomic mass is 14.6. The number of nitrogens with two attached hydrogens (primary N) is 1. The van der Waals surface area contributed by atoms with Crippen LogP contribution in [0.25, 0.3) is 0 Å². The van der Waals surface area contributed by atoms with E-state index in [9.17, 15) is 0 Å². The van der Waals surface area contributed by atoms with Crippen molar-refractivity contribution >= 4 is 0 Å². The van der Waals surface area contributed by atoms with E-state index in [-0.39, 0.29) is 0 Å². The quantitative estimate of drug-likeness (QED) is 0.547. The topological polar surface area (TPSA) is 26.0 Å². The third kappa shape index (κ3) is 7.36. The Hall–Kier alpha value is -1.24. The second kappa shape index (κ2) is 9.65. The Kier molecular flexibility index (Phi) is 9.08. The molecule has 0 atom stereocenters. The number of allylic oxidation sites excluding steroid dienone is 8. The van der Waals surface area contributed by atoms with E-state index in [1.165, 1.54) is 27.9 Å². The summed E-state index contributed by atoms with van der Waals surface area (Å²) in [6, 6.07) is 0. The molecule has 0 heterocycles. The summed E-state index contributed by atoms with van der Waals surface area (Å²) in [6.07, 6.45) is 7.56. The van der Waals surface area contributed by atoms with Gasteiger partial charge in [-0.05, 0) is 70.9 Å². The van der Waals surface area contributed by atoms with Gasteiger partial charge in [0.25, 0.3) is 0 Å². The van der Waals surface area contributed by atoms with Crippen molar-refractivity contribution in [3.8, 4) is 0 Å². The SMILES string of the molecule is C/C=C(C/C(CC)=C(\C)C=C(C)C)\C(C)=C(/N)CC(C)C. The van der Waals surface area contributed by atoms with Gasteiger partial charge in [-0.3, -0.25) is 0 Å². The molecule has 0 saturated heterocycles. The lowest BCUT2D eigenvalue weighted by Crippen LogP contribution is -2.06. The van der Waals surface area contributed by atoms with E-state index in [2.05, 4.69) is 67.5 Å². The molecule has 0 aromatic heterocycles. The summed E-state index contributed by atoms with van der Waals surface area (Å²) in [6.45, 7) is 17.5. The van der Waals surface area contributed by atoms with Crippen molar-refractivity contribution in [2.75, 3.05) is 0 Å². The molecule has 21 heavy (non-hydrogen) atoms. The van der Waals surface area contributed by atoms with Gasteiger partial charge in [0.15, 0.2) is 0 Å². The van der Waals surface area contributed by atoms with Crippen molar-refractivity contribution in [2.24, 2.45) is 11.7 Å². The minimum absolute atomic E-state index is 0.603. The zero-order valence-electron chi connectivity index (χ0n) is 15.4. The largest absolute Gasteiger partial charge is 0.402 e. The average Bonchev–Trinajstić information content (AvgIpc) is 2.37. The lowest BCUT2D eigenvalue weighted by Gasteiger charge is -2.16. The molecule has 0 saturated carbocycles. The van der Waals surface area contributed by atoms with Crippen LogP contribution in [0.1, 0.15) is 74.7 Å². The highest BCUT2D eigenvalue weighted by Crippen LogP contribution is 2.26. The Labute approximate surface area is 132 Å². The molecule has 120 valence electrons. The van der Waals surface area contributed by atoms with Crippen LogP contribution in [0, 0.1) is 5.92 Å². The molecular weight excluding hydrogens is 254 g/mol. The summed E-state index contributed by atoms with van der Waals surface area (Å²) in [5, 5.41) is 0. The Morgan fingerprint density at radius 2 is 1.67 bits per heavy atom. The van der Waals surface area contributed by atoms with Gasteiger partial charge in [0.1, 0.15) is 0 Å². The van der Waals surface area contributed by atoms with E-state index in [1.807, 2.05) is 0 Å². The van der Waals surface area contributed by atoms with Gasteiger partial charge in [0, 0.05) is 5.70 Å². The second-order valence-corrected chi connectivity index (χ2v) is 6.60. The first kappa shape index (κ1) is 19.8. The predicted molar refractivity (Wildman–Crippen MR) is 97.1 cm³/mol. The molecule has 0 aliphatic rings.